The number of pyridine rings is 1. The summed E-state index contributed by atoms with van der Waals surface area (Å²) < 4.78 is 11.6. The van der Waals surface area contributed by atoms with Crippen molar-refractivity contribution in [3.05, 3.63) is 23.9 Å². The summed E-state index contributed by atoms with van der Waals surface area (Å²) in [5.74, 6) is 2.73. The third kappa shape index (κ3) is 5.71. The summed E-state index contributed by atoms with van der Waals surface area (Å²) in [5, 5.41) is 3.28. The van der Waals surface area contributed by atoms with Gasteiger partial charge in [0.05, 0.1) is 31.5 Å². The molecule has 0 aromatic carbocycles. The van der Waals surface area contributed by atoms with E-state index in [1.54, 1.807) is 7.11 Å². The van der Waals surface area contributed by atoms with Gasteiger partial charge >= 0.3 is 0 Å². The molecule has 3 fully saturated rings. The SMILES string of the molecule is COc1cccc(CN2C[C@H]3C[C@H](OCC4CC4)[C@@H](NC(=O)CN(C)C)C[C@H]3C2)n1. The highest BCUT2D eigenvalue weighted by atomic mass is 16.5. The molecule has 4 rings (SSSR count). The molecule has 4 atom stereocenters. The summed E-state index contributed by atoms with van der Waals surface area (Å²) in [5.41, 5.74) is 1.05. The number of nitrogens with zero attached hydrogens (tertiary/aromatic N) is 3. The van der Waals surface area contributed by atoms with Gasteiger partial charge in [0.2, 0.25) is 11.8 Å². The lowest BCUT2D eigenvalue weighted by Gasteiger charge is -2.38. The summed E-state index contributed by atoms with van der Waals surface area (Å²) in [4.78, 5) is 21.4. The number of rotatable bonds is 9. The predicted octanol–water partition coefficient (Wildman–Crippen LogP) is 1.77. The molecule has 1 aromatic heterocycles. The van der Waals surface area contributed by atoms with Crippen LogP contribution in [0.15, 0.2) is 18.2 Å². The molecule has 7 heteroatoms. The number of ether oxygens (including phenoxy) is 2. The Morgan fingerprint density at radius 3 is 2.70 bits per heavy atom. The monoisotopic (exact) mass is 416 g/mol. The van der Waals surface area contributed by atoms with E-state index in [4.69, 9.17) is 9.47 Å². The second-order valence-corrected chi connectivity index (χ2v) is 9.58. The number of likely N-dealkylation sites (N-methyl/N-ethyl adjacent to an activating group) is 1. The van der Waals surface area contributed by atoms with E-state index in [1.165, 1.54) is 12.8 Å². The van der Waals surface area contributed by atoms with E-state index >= 15 is 0 Å². The Morgan fingerprint density at radius 1 is 1.23 bits per heavy atom. The maximum absolute atomic E-state index is 12.4. The van der Waals surface area contributed by atoms with Crippen LogP contribution in [0.2, 0.25) is 0 Å². The fourth-order valence-electron chi connectivity index (χ4n) is 4.95. The van der Waals surface area contributed by atoms with Crippen LogP contribution >= 0.6 is 0 Å². The zero-order valence-corrected chi connectivity index (χ0v) is 18.5. The van der Waals surface area contributed by atoms with Gasteiger partial charge in [0.15, 0.2) is 0 Å². The van der Waals surface area contributed by atoms with Crippen LogP contribution in [0.1, 0.15) is 31.4 Å². The van der Waals surface area contributed by atoms with Crippen LogP contribution < -0.4 is 10.1 Å². The number of methoxy groups -OCH3 is 1. The molecule has 2 aliphatic carbocycles. The minimum atomic E-state index is 0.0962. The highest BCUT2D eigenvalue weighted by Gasteiger charge is 2.43. The van der Waals surface area contributed by atoms with Crippen LogP contribution in [0.3, 0.4) is 0 Å². The number of amides is 1. The first kappa shape index (κ1) is 21.5. The third-order valence-corrected chi connectivity index (χ3v) is 6.62. The number of aromatic nitrogens is 1. The fraction of sp³-hybridized carbons (Fsp3) is 0.739. The van der Waals surface area contributed by atoms with Crippen molar-refractivity contribution in [2.24, 2.45) is 17.8 Å². The summed E-state index contributed by atoms with van der Waals surface area (Å²) in [7, 11) is 5.51. The number of fused-ring (bicyclic) bond motifs is 1. The quantitative estimate of drug-likeness (QED) is 0.662. The van der Waals surface area contributed by atoms with Gasteiger partial charge in [0.1, 0.15) is 0 Å². The molecule has 2 heterocycles. The minimum absolute atomic E-state index is 0.0962. The Bertz CT molecular complexity index is 724. The number of nitrogens with one attached hydrogen (secondary N) is 1. The van der Waals surface area contributed by atoms with Crippen molar-refractivity contribution in [1.82, 2.24) is 20.1 Å². The second kappa shape index (κ2) is 9.62. The van der Waals surface area contributed by atoms with E-state index in [0.717, 1.165) is 50.7 Å². The topological polar surface area (TPSA) is 66.9 Å². The summed E-state index contributed by atoms with van der Waals surface area (Å²) in [6.07, 6.45) is 4.75. The van der Waals surface area contributed by atoms with Crippen LogP contribution in [0.25, 0.3) is 0 Å². The third-order valence-electron chi connectivity index (χ3n) is 6.62. The van der Waals surface area contributed by atoms with Gasteiger partial charge in [-0.25, -0.2) is 4.98 Å². The average Bonchev–Trinajstić information content (AvgIpc) is 3.45. The van der Waals surface area contributed by atoms with E-state index < -0.39 is 0 Å². The van der Waals surface area contributed by atoms with Crippen molar-refractivity contribution in [3.63, 3.8) is 0 Å². The normalized spacial score (nSPS) is 29.1. The maximum Gasteiger partial charge on any atom is 0.234 e. The molecule has 1 aromatic rings. The van der Waals surface area contributed by atoms with Crippen LogP contribution in [0.4, 0.5) is 0 Å². The van der Waals surface area contributed by atoms with Crippen LogP contribution in [-0.2, 0) is 16.1 Å². The van der Waals surface area contributed by atoms with Gasteiger partial charge in [-0.3, -0.25) is 9.69 Å². The molecule has 1 saturated heterocycles. The fourth-order valence-corrected chi connectivity index (χ4v) is 4.95. The molecule has 1 aliphatic heterocycles. The first-order chi connectivity index (χ1) is 14.5. The Labute approximate surface area is 180 Å². The molecule has 30 heavy (non-hydrogen) atoms. The highest BCUT2D eigenvalue weighted by Crippen LogP contribution is 2.39. The lowest BCUT2D eigenvalue weighted by atomic mass is 9.77. The second-order valence-electron chi connectivity index (χ2n) is 9.58. The zero-order chi connectivity index (χ0) is 21.1. The molecular formula is C23H36N4O3. The summed E-state index contributed by atoms with van der Waals surface area (Å²) in [6, 6.07) is 6.07. The van der Waals surface area contributed by atoms with Crippen LogP contribution in [-0.4, -0.2) is 80.3 Å². The van der Waals surface area contributed by atoms with Crippen molar-refractivity contribution < 1.29 is 14.3 Å². The molecule has 1 amide bonds. The largest absolute Gasteiger partial charge is 0.481 e. The molecule has 0 bridgehead atoms. The molecule has 1 N–H and O–H groups in total. The smallest absolute Gasteiger partial charge is 0.234 e. The first-order valence-corrected chi connectivity index (χ1v) is 11.3. The van der Waals surface area contributed by atoms with Crippen LogP contribution in [0.5, 0.6) is 5.88 Å². The number of carbonyl (C=O) groups excluding carboxylic acids is 1. The molecular weight excluding hydrogens is 380 g/mol. The molecule has 7 nitrogen and oxygen atoms in total. The molecule has 3 aliphatic rings. The molecule has 2 saturated carbocycles. The van der Waals surface area contributed by atoms with Crippen molar-refractivity contribution in [2.75, 3.05) is 47.4 Å². The number of hydrogen-bond donors (Lipinski definition) is 1. The van der Waals surface area contributed by atoms with Gasteiger partial charge in [-0.05, 0) is 63.6 Å². The molecule has 166 valence electrons. The Morgan fingerprint density at radius 2 is 2.00 bits per heavy atom. The Kier molecular flexibility index (Phi) is 6.91. The maximum atomic E-state index is 12.4. The predicted molar refractivity (Wildman–Crippen MR) is 115 cm³/mol. The Balaban J connectivity index is 1.37. The average molecular weight is 417 g/mol. The van der Waals surface area contributed by atoms with E-state index in [-0.39, 0.29) is 18.1 Å². The number of carbonyl (C=O) groups is 1. The van der Waals surface area contributed by atoms with E-state index in [9.17, 15) is 4.79 Å². The van der Waals surface area contributed by atoms with Crippen molar-refractivity contribution in [1.29, 1.82) is 0 Å². The summed E-state index contributed by atoms with van der Waals surface area (Å²) >= 11 is 0. The van der Waals surface area contributed by atoms with E-state index in [1.807, 2.05) is 31.1 Å². The lowest BCUT2D eigenvalue weighted by Crippen LogP contribution is -2.52. The van der Waals surface area contributed by atoms with Gasteiger partial charge in [0.25, 0.3) is 0 Å². The van der Waals surface area contributed by atoms with E-state index in [0.29, 0.717) is 24.3 Å². The van der Waals surface area contributed by atoms with E-state index in [2.05, 4.69) is 21.3 Å². The Hall–Kier alpha value is -1.70. The standard InChI is InChI=1S/C23H36N4O3/c1-26(2)14-22(28)25-20-9-17-11-27(13-19-5-4-6-23(24-19)29-3)12-18(17)10-21(20)30-15-16-7-8-16/h4-6,16-18,20-21H,7-15H2,1-3H3,(H,25,28)/t17-,18+,20-,21-/m0/s1. The molecule has 0 spiro atoms. The van der Waals surface area contributed by atoms with Crippen molar-refractivity contribution in [2.45, 2.75) is 44.4 Å². The lowest BCUT2D eigenvalue weighted by molar-refractivity contribution is -0.125. The molecule has 0 unspecified atom stereocenters. The van der Waals surface area contributed by atoms with Gasteiger partial charge in [-0.2, -0.15) is 0 Å². The van der Waals surface area contributed by atoms with Crippen molar-refractivity contribution >= 4 is 5.91 Å². The summed E-state index contributed by atoms with van der Waals surface area (Å²) in [6.45, 7) is 4.24. The van der Waals surface area contributed by atoms with Gasteiger partial charge in [0, 0.05) is 32.3 Å². The molecule has 0 radical (unpaired) electrons. The zero-order valence-electron chi connectivity index (χ0n) is 18.5. The van der Waals surface area contributed by atoms with Crippen LogP contribution in [0, 0.1) is 17.8 Å². The van der Waals surface area contributed by atoms with Gasteiger partial charge in [-0.15, -0.1) is 0 Å². The van der Waals surface area contributed by atoms with Gasteiger partial charge < -0.3 is 19.7 Å². The minimum Gasteiger partial charge on any atom is -0.481 e. The van der Waals surface area contributed by atoms with Gasteiger partial charge in [-0.1, -0.05) is 6.07 Å². The first-order valence-electron chi connectivity index (χ1n) is 11.3. The number of hydrogen-bond acceptors (Lipinski definition) is 6. The van der Waals surface area contributed by atoms with Crippen molar-refractivity contribution in [3.8, 4) is 5.88 Å². The highest BCUT2D eigenvalue weighted by molar-refractivity contribution is 5.78. The number of likely N-dealkylation sites (tertiary alicyclic amines) is 1.